The van der Waals surface area contributed by atoms with Gasteiger partial charge >= 0.3 is 0 Å². The number of carbonyl (C=O) groups excluding carboxylic acids is 1. The minimum absolute atomic E-state index is 0.160. The lowest BCUT2D eigenvalue weighted by Gasteiger charge is -2.18. The lowest BCUT2D eigenvalue weighted by Crippen LogP contribution is -2.32. The Morgan fingerprint density at radius 2 is 1.91 bits per heavy atom. The minimum atomic E-state index is -0.538. The maximum atomic E-state index is 12.5. The topological polar surface area (TPSA) is 51.2 Å². The van der Waals surface area contributed by atoms with E-state index in [1.165, 1.54) is 0 Å². The summed E-state index contributed by atoms with van der Waals surface area (Å²) >= 11 is 0. The molecule has 0 radical (unpaired) electrons. The van der Waals surface area contributed by atoms with Crippen LogP contribution < -0.4 is 10.1 Å². The molecule has 4 nitrogen and oxygen atoms in total. The first kappa shape index (κ1) is 15.0. The smallest absolute Gasteiger partial charge is 0.265 e. The first-order chi connectivity index (χ1) is 11.3. The van der Waals surface area contributed by atoms with E-state index in [9.17, 15) is 4.79 Å². The van der Waals surface area contributed by atoms with Crippen molar-refractivity contribution in [3.8, 4) is 5.75 Å². The number of carbonyl (C=O) groups is 1. The summed E-state index contributed by atoms with van der Waals surface area (Å²) in [5, 5.41) is 3.87. The molecule has 0 aliphatic carbocycles. The molecule has 1 atom stereocenters. The maximum absolute atomic E-state index is 12.5. The Labute approximate surface area is 135 Å². The molecule has 3 rings (SSSR count). The van der Waals surface area contributed by atoms with E-state index in [2.05, 4.69) is 10.3 Å². The molecule has 116 valence electrons. The van der Waals surface area contributed by atoms with Gasteiger partial charge in [0.2, 0.25) is 0 Å². The second-order valence-electron chi connectivity index (χ2n) is 5.19. The van der Waals surface area contributed by atoms with Crippen molar-refractivity contribution in [1.82, 2.24) is 4.98 Å². The van der Waals surface area contributed by atoms with Gasteiger partial charge in [-0.25, -0.2) is 0 Å². The van der Waals surface area contributed by atoms with Crippen LogP contribution in [0.15, 0.2) is 66.9 Å². The van der Waals surface area contributed by atoms with Crippen molar-refractivity contribution < 1.29 is 9.53 Å². The summed E-state index contributed by atoms with van der Waals surface area (Å²) in [6, 6.07) is 18.8. The molecule has 3 aromatic rings. The zero-order valence-electron chi connectivity index (χ0n) is 12.9. The Morgan fingerprint density at radius 3 is 2.70 bits per heavy atom. The van der Waals surface area contributed by atoms with Gasteiger partial charge in [0.25, 0.3) is 5.91 Å². The highest BCUT2D eigenvalue weighted by atomic mass is 16.5. The molecule has 1 aromatic heterocycles. The normalized spacial score (nSPS) is 11.9. The number of hydrogen-bond donors (Lipinski definition) is 1. The summed E-state index contributed by atoms with van der Waals surface area (Å²) in [4.78, 5) is 16.8. The number of amides is 1. The fourth-order valence-corrected chi connectivity index (χ4v) is 2.41. The zero-order chi connectivity index (χ0) is 16.1. The number of nitrogens with zero attached hydrogens (tertiary/aromatic N) is 1. The molecule has 23 heavy (non-hydrogen) atoms. The standard InChI is InChI=1S/C19H18N2O2/c1-2-18(23-14-8-4-3-5-9-14)19(22)21-17-12-6-11-16-15(17)10-7-13-20-16/h3-13,18H,2H2,1H3,(H,21,22). The Bertz CT molecular complexity index is 797. The number of fused-ring (bicyclic) bond motifs is 1. The fourth-order valence-electron chi connectivity index (χ4n) is 2.41. The van der Waals surface area contributed by atoms with E-state index in [0.717, 1.165) is 16.6 Å². The van der Waals surface area contributed by atoms with Crippen LogP contribution in [0, 0.1) is 0 Å². The molecule has 1 unspecified atom stereocenters. The fraction of sp³-hybridized carbons (Fsp3) is 0.158. The molecule has 0 saturated carbocycles. The molecule has 1 heterocycles. The Hall–Kier alpha value is -2.88. The highest BCUT2D eigenvalue weighted by molar-refractivity contribution is 6.02. The van der Waals surface area contributed by atoms with Crippen LogP contribution in [0.5, 0.6) is 5.75 Å². The number of para-hydroxylation sites is 1. The van der Waals surface area contributed by atoms with Crippen LogP contribution in [0.1, 0.15) is 13.3 Å². The van der Waals surface area contributed by atoms with E-state index in [1.54, 1.807) is 6.20 Å². The van der Waals surface area contributed by atoms with Gasteiger partial charge in [0, 0.05) is 11.6 Å². The van der Waals surface area contributed by atoms with Crippen LogP contribution in [-0.4, -0.2) is 17.0 Å². The summed E-state index contributed by atoms with van der Waals surface area (Å²) in [6.45, 7) is 1.93. The molecule has 1 N–H and O–H groups in total. The van der Waals surface area contributed by atoms with E-state index in [1.807, 2.05) is 67.6 Å². The molecular weight excluding hydrogens is 288 g/mol. The average Bonchev–Trinajstić information content (AvgIpc) is 2.61. The first-order valence-electron chi connectivity index (χ1n) is 7.64. The van der Waals surface area contributed by atoms with Crippen LogP contribution in [0.3, 0.4) is 0 Å². The summed E-state index contributed by atoms with van der Waals surface area (Å²) in [7, 11) is 0. The van der Waals surface area contributed by atoms with Crippen LogP contribution >= 0.6 is 0 Å². The van der Waals surface area contributed by atoms with Gasteiger partial charge in [0.1, 0.15) is 5.75 Å². The van der Waals surface area contributed by atoms with Crippen molar-refractivity contribution in [3.63, 3.8) is 0 Å². The Kier molecular flexibility index (Phi) is 4.52. The number of anilines is 1. The van der Waals surface area contributed by atoms with Gasteiger partial charge in [-0.05, 0) is 42.8 Å². The van der Waals surface area contributed by atoms with Crippen molar-refractivity contribution in [2.24, 2.45) is 0 Å². The van der Waals surface area contributed by atoms with Crippen molar-refractivity contribution >= 4 is 22.5 Å². The first-order valence-corrected chi connectivity index (χ1v) is 7.64. The molecule has 1 amide bonds. The number of nitrogens with one attached hydrogen (secondary N) is 1. The highest BCUT2D eigenvalue weighted by Crippen LogP contribution is 2.22. The van der Waals surface area contributed by atoms with Gasteiger partial charge in [-0.15, -0.1) is 0 Å². The van der Waals surface area contributed by atoms with E-state index in [4.69, 9.17) is 4.74 Å². The van der Waals surface area contributed by atoms with Gasteiger partial charge in [-0.2, -0.15) is 0 Å². The molecule has 0 fully saturated rings. The average molecular weight is 306 g/mol. The van der Waals surface area contributed by atoms with Crippen LogP contribution in [0.2, 0.25) is 0 Å². The second kappa shape index (κ2) is 6.92. The molecule has 2 aromatic carbocycles. The lowest BCUT2D eigenvalue weighted by atomic mass is 10.1. The van der Waals surface area contributed by atoms with Gasteiger partial charge in [-0.3, -0.25) is 9.78 Å². The Balaban J connectivity index is 1.79. The molecule has 0 bridgehead atoms. The van der Waals surface area contributed by atoms with Crippen LogP contribution in [0.25, 0.3) is 10.9 Å². The van der Waals surface area contributed by atoms with E-state index >= 15 is 0 Å². The third-order valence-electron chi connectivity index (χ3n) is 3.59. The maximum Gasteiger partial charge on any atom is 0.265 e. The van der Waals surface area contributed by atoms with Crippen molar-refractivity contribution in [2.75, 3.05) is 5.32 Å². The molecular formula is C19H18N2O2. The number of rotatable bonds is 5. The van der Waals surface area contributed by atoms with Crippen LogP contribution in [0.4, 0.5) is 5.69 Å². The van der Waals surface area contributed by atoms with Gasteiger partial charge in [0.05, 0.1) is 11.2 Å². The largest absolute Gasteiger partial charge is 0.481 e. The molecule has 0 spiro atoms. The SMILES string of the molecule is CCC(Oc1ccccc1)C(=O)Nc1cccc2ncccc12. The molecule has 4 heteroatoms. The van der Waals surface area contributed by atoms with Crippen molar-refractivity contribution in [3.05, 3.63) is 66.9 Å². The van der Waals surface area contributed by atoms with E-state index in [-0.39, 0.29) is 5.91 Å². The number of hydrogen-bond acceptors (Lipinski definition) is 3. The second-order valence-corrected chi connectivity index (χ2v) is 5.19. The van der Waals surface area contributed by atoms with Gasteiger partial charge in [-0.1, -0.05) is 31.2 Å². The predicted molar refractivity (Wildman–Crippen MR) is 91.5 cm³/mol. The highest BCUT2D eigenvalue weighted by Gasteiger charge is 2.19. The quantitative estimate of drug-likeness (QED) is 0.774. The van der Waals surface area contributed by atoms with E-state index in [0.29, 0.717) is 12.2 Å². The van der Waals surface area contributed by atoms with E-state index < -0.39 is 6.10 Å². The Morgan fingerprint density at radius 1 is 1.09 bits per heavy atom. The van der Waals surface area contributed by atoms with Crippen LogP contribution in [-0.2, 0) is 4.79 Å². The molecule has 0 aliphatic heterocycles. The number of pyridine rings is 1. The third kappa shape index (κ3) is 3.48. The van der Waals surface area contributed by atoms with Crippen molar-refractivity contribution in [1.29, 1.82) is 0 Å². The lowest BCUT2D eigenvalue weighted by molar-refractivity contribution is -0.122. The van der Waals surface area contributed by atoms with Crippen molar-refractivity contribution in [2.45, 2.75) is 19.4 Å². The van der Waals surface area contributed by atoms with Gasteiger partial charge < -0.3 is 10.1 Å². The molecule has 0 aliphatic rings. The number of benzene rings is 2. The summed E-state index contributed by atoms with van der Waals surface area (Å²) < 4.78 is 5.78. The molecule has 0 saturated heterocycles. The minimum Gasteiger partial charge on any atom is -0.481 e. The third-order valence-corrected chi connectivity index (χ3v) is 3.59. The number of aromatic nitrogens is 1. The summed E-state index contributed by atoms with van der Waals surface area (Å²) in [5.74, 6) is 0.529. The predicted octanol–water partition coefficient (Wildman–Crippen LogP) is 4.03. The zero-order valence-corrected chi connectivity index (χ0v) is 12.9. The summed E-state index contributed by atoms with van der Waals surface area (Å²) in [6.07, 6.45) is 1.79. The van der Waals surface area contributed by atoms with Gasteiger partial charge in [0.15, 0.2) is 6.10 Å². The number of ether oxygens (including phenoxy) is 1. The summed E-state index contributed by atoms with van der Waals surface area (Å²) in [5.41, 5.74) is 1.60. The monoisotopic (exact) mass is 306 g/mol.